The van der Waals surface area contributed by atoms with Gasteiger partial charge in [-0.05, 0) is 50.1 Å². The van der Waals surface area contributed by atoms with Crippen LogP contribution in [0.1, 0.15) is 37.3 Å². The third kappa shape index (κ3) is 6.75. The van der Waals surface area contributed by atoms with E-state index in [1.807, 2.05) is 0 Å². The van der Waals surface area contributed by atoms with Gasteiger partial charge in [-0.25, -0.2) is 0 Å². The van der Waals surface area contributed by atoms with Crippen LogP contribution < -0.4 is 4.29 Å². The number of ether oxygens (including phenoxy) is 2. The van der Waals surface area contributed by atoms with Crippen LogP contribution in [0.15, 0.2) is 17.9 Å². The summed E-state index contributed by atoms with van der Waals surface area (Å²) in [5.74, 6) is 0.538. The quantitative estimate of drug-likeness (QED) is 0.249. The molecule has 0 radical (unpaired) electrons. The largest absolute Gasteiger partial charge is 0.445 e. The number of methoxy groups -OCH3 is 2. The zero-order valence-electron chi connectivity index (χ0n) is 18.3. The highest BCUT2D eigenvalue weighted by molar-refractivity contribution is 8.09. The molecular formula is C20H26Cl2F3O5PS. The van der Waals surface area contributed by atoms with Gasteiger partial charge < -0.3 is 22.8 Å². The molecule has 3 atom stereocenters. The van der Waals surface area contributed by atoms with Crippen molar-refractivity contribution in [1.82, 2.24) is 0 Å². The maximum Gasteiger partial charge on any atom is 0.412 e. The smallest absolute Gasteiger partial charge is 0.412 e. The zero-order valence-corrected chi connectivity index (χ0v) is 21.6. The molecule has 182 valence electrons. The van der Waals surface area contributed by atoms with E-state index in [4.69, 9.17) is 58.1 Å². The Balaban J connectivity index is 2.65. The van der Waals surface area contributed by atoms with Crippen molar-refractivity contribution in [1.29, 1.82) is 0 Å². The van der Waals surface area contributed by atoms with Gasteiger partial charge in [-0.2, -0.15) is 13.2 Å². The maximum atomic E-state index is 12.8. The minimum atomic E-state index is -4.54. The van der Waals surface area contributed by atoms with Crippen molar-refractivity contribution in [2.45, 2.75) is 51.0 Å². The second-order valence-electron chi connectivity index (χ2n) is 7.68. The van der Waals surface area contributed by atoms with Gasteiger partial charge in [-0.15, -0.1) is 0 Å². The summed E-state index contributed by atoms with van der Waals surface area (Å²) in [6.45, 7) is 0.0116. The van der Waals surface area contributed by atoms with Crippen LogP contribution in [0.4, 0.5) is 13.2 Å². The average Bonchev–Trinajstić information content (AvgIpc) is 3.14. The summed E-state index contributed by atoms with van der Waals surface area (Å²) in [7, 11) is 3.10. The Hall–Kier alpha value is -0.540. The van der Waals surface area contributed by atoms with E-state index in [-0.39, 0.29) is 17.6 Å². The molecule has 1 saturated carbocycles. The van der Waals surface area contributed by atoms with Gasteiger partial charge in [0.1, 0.15) is 23.2 Å². The molecule has 3 unspecified atom stereocenters. The summed E-state index contributed by atoms with van der Waals surface area (Å²) in [5, 5.41) is 0.410. The topological polar surface area (TPSA) is 46.2 Å². The first-order valence-corrected chi connectivity index (χ1v) is 13.4. The fraction of sp³-hybridized carbons (Fsp3) is 0.600. The molecule has 0 heterocycles. The first-order chi connectivity index (χ1) is 14.8. The second-order valence-corrected chi connectivity index (χ2v) is 12.2. The van der Waals surface area contributed by atoms with Crippen molar-refractivity contribution in [3.05, 3.63) is 34.0 Å². The van der Waals surface area contributed by atoms with Gasteiger partial charge in [0.2, 0.25) is 6.49 Å². The molecule has 0 saturated heterocycles. The van der Waals surface area contributed by atoms with Crippen LogP contribution in [0.2, 0.25) is 5.02 Å². The Morgan fingerprint density at radius 3 is 2.47 bits per heavy atom. The van der Waals surface area contributed by atoms with Crippen LogP contribution in [0.5, 0.6) is 5.75 Å². The van der Waals surface area contributed by atoms with Crippen molar-refractivity contribution < 1.29 is 36.0 Å². The Morgan fingerprint density at radius 2 is 1.97 bits per heavy atom. The van der Waals surface area contributed by atoms with Crippen molar-refractivity contribution in [3.8, 4) is 5.75 Å². The lowest BCUT2D eigenvalue weighted by Crippen LogP contribution is -2.33. The van der Waals surface area contributed by atoms with Gasteiger partial charge in [0.15, 0.2) is 12.4 Å². The van der Waals surface area contributed by atoms with Gasteiger partial charge in [-0.1, -0.05) is 11.6 Å². The molecule has 0 amide bonds. The molecule has 1 fully saturated rings. The van der Waals surface area contributed by atoms with E-state index in [2.05, 4.69) is 0 Å². The third-order valence-corrected chi connectivity index (χ3v) is 7.38. The Morgan fingerprint density at radius 1 is 1.31 bits per heavy atom. The summed E-state index contributed by atoms with van der Waals surface area (Å²) in [6.07, 6.45) is -3.07. The number of allylic oxidation sites excluding steroid dienone is 1. The van der Waals surface area contributed by atoms with Gasteiger partial charge in [0.05, 0.1) is 6.10 Å². The van der Waals surface area contributed by atoms with Crippen LogP contribution in [-0.2, 0) is 30.3 Å². The van der Waals surface area contributed by atoms with E-state index in [1.54, 1.807) is 27.0 Å². The highest BCUT2D eigenvalue weighted by atomic mass is 35.5. The zero-order chi connectivity index (χ0) is 24.3. The average molecular weight is 537 g/mol. The van der Waals surface area contributed by atoms with E-state index in [0.29, 0.717) is 35.4 Å². The molecule has 0 aliphatic heterocycles. The standard InChI is InChI=1S/C20H26Cl2F3O5PS/c1-12-8-14(21)9-16(29-22)17(12)13(2)18(19(27-4)7-6-15(10-19)26-3)30-31(5,32)28-11-20(23,24)25/h8-9,15H,6-7,10-11H2,1-5H3/b18-13-. The molecule has 1 aliphatic carbocycles. The van der Waals surface area contributed by atoms with E-state index in [0.717, 1.165) is 5.56 Å². The first kappa shape index (κ1) is 27.7. The predicted molar refractivity (Wildman–Crippen MR) is 123 cm³/mol. The molecular weight excluding hydrogens is 511 g/mol. The first-order valence-electron chi connectivity index (χ1n) is 9.64. The minimum Gasteiger partial charge on any atom is -0.445 e. The summed E-state index contributed by atoms with van der Waals surface area (Å²) in [6, 6.07) is 3.25. The molecule has 1 aromatic carbocycles. The van der Waals surface area contributed by atoms with E-state index >= 15 is 0 Å². The molecule has 32 heavy (non-hydrogen) atoms. The molecule has 0 aromatic heterocycles. The van der Waals surface area contributed by atoms with Crippen molar-refractivity contribution in [2.75, 3.05) is 27.5 Å². The van der Waals surface area contributed by atoms with Crippen LogP contribution in [-0.4, -0.2) is 45.4 Å². The lowest BCUT2D eigenvalue weighted by Gasteiger charge is -2.35. The summed E-state index contributed by atoms with van der Waals surface area (Å²) in [5.41, 5.74) is 0.852. The van der Waals surface area contributed by atoms with Gasteiger partial charge in [-0.3, -0.25) is 0 Å². The Kier molecular flexibility index (Phi) is 9.36. The van der Waals surface area contributed by atoms with Gasteiger partial charge in [0.25, 0.3) is 0 Å². The van der Waals surface area contributed by atoms with Crippen molar-refractivity contribution in [2.24, 2.45) is 0 Å². The van der Waals surface area contributed by atoms with E-state index < -0.39 is 24.9 Å². The highest BCUT2D eigenvalue weighted by Crippen LogP contribution is 2.55. The van der Waals surface area contributed by atoms with Crippen LogP contribution >= 0.6 is 30.0 Å². The van der Waals surface area contributed by atoms with Crippen LogP contribution in [0.3, 0.4) is 0 Å². The third-order valence-electron chi connectivity index (χ3n) is 5.35. The number of rotatable bonds is 9. The number of hydrogen-bond donors (Lipinski definition) is 0. The maximum absolute atomic E-state index is 12.8. The molecule has 5 nitrogen and oxygen atoms in total. The lowest BCUT2D eigenvalue weighted by molar-refractivity contribution is -0.153. The van der Waals surface area contributed by atoms with E-state index in [9.17, 15) is 13.2 Å². The highest BCUT2D eigenvalue weighted by Gasteiger charge is 2.47. The second kappa shape index (κ2) is 10.8. The van der Waals surface area contributed by atoms with Crippen LogP contribution in [0, 0.1) is 6.92 Å². The molecule has 1 aromatic rings. The number of benzene rings is 1. The van der Waals surface area contributed by atoms with E-state index in [1.165, 1.54) is 19.8 Å². The number of halogens is 5. The number of hydrogen-bond acceptors (Lipinski definition) is 6. The molecule has 0 spiro atoms. The predicted octanol–water partition coefficient (Wildman–Crippen LogP) is 7.03. The monoisotopic (exact) mass is 536 g/mol. The molecule has 0 bridgehead atoms. The summed E-state index contributed by atoms with van der Waals surface area (Å²) < 4.78 is 65.8. The van der Waals surface area contributed by atoms with Crippen LogP contribution in [0.25, 0.3) is 5.57 Å². The Labute approximate surface area is 201 Å². The summed E-state index contributed by atoms with van der Waals surface area (Å²) >= 11 is 17.2. The van der Waals surface area contributed by atoms with Gasteiger partial charge >= 0.3 is 6.18 Å². The number of alkyl halides is 3. The fourth-order valence-electron chi connectivity index (χ4n) is 3.89. The SMILES string of the molecule is COC1CCC(OC)(/C(OP(C)(=S)OCC(F)(F)F)=C(\C)c2c(C)cc(Cl)cc2OCl)C1. The minimum absolute atomic E-state index is 0.123. The van der Waals surface area contributed by atoms with Crippen molar-refractivity contribution in [3.63, 3.8) is 0 Å². The molecule has 1 aliphatic rings. The van der Waals surface area contributed by atoms with Gasteiger partial charge in [0, 0.05) is 49.5 Å². The molecule has 0 N–H and O–H groups in total. The van der Waals surface area contributed by atoms with Crippen molar-refractivity contribution >= 4 is 47.3 Å². The normalized spacial score (nSPS) is 24.1. The number of aryl methyl sites for hydroxylation is 1. The fourth-order valence-corrected chi connectivity index (χ4v) is 5.73. The molecule has 2 rings (SSSR count). The summed E-state index contributed by atoms with van der Waals surface area (Å²) in [4.78, 5) is 0. The molecule has 12 heteroatoms. The Bertz CT molecular complexity index is 912. The lowest BCUT2D eigenvalue weighted by atomic mass is 9.91.